The Morgan fingerprint density at radius 1 is 1.24 bits per heavy atom. The lowest BCUT2D eigenvalue weighted by Crippen LogP contribution is -2.33. The molecule has 5 heteroatoms. The number of hydrogen-bond acceptors (Lipinski definition) is 4. The van der Waals surface area contributed by atoms with Crippen LogP contribution in [0.1, 0.15) is 25.7 Å². The van der Waals surface area contributed by atoms with Gasteiger partial charge in [0, 0.05) is 24.5 Å². The average Bonchev–Trinajstić information content (AvgIpc) is 2.81. The van der Waals surface area contributed by atoms with Gasteiger partial charge in [-0.05, 0) is 31.7 Å². The Morgan fingerprint density at radius 2 is 2.06 bits per heavy atom. The van der Waals surface area contributed by atoms with Gasteiger partial charge in [0.1, 0.15) is 5.52 Å². The van der Waals surface area contributed by atoms with E-state index in [1.165, 1.54) is 0 Å². The van der Waals surface area contributed by atoms with Crippen LogP contribution in [0.15, 0.2) is 24.7 Å². The second-order valence-electron chi connectivity index (χ2n) is 4.69. The number of hydrogen-bond donors (Lipinski definition) is 2. The zero-order valence-corrected chi connectivity index (χ0v) is 9.71. The van der Waals surface area contributed by atoms with Gasteiger partial charge in [-0.2, -0.15) is 5.10 Å². The lowest BCUT2D eigenvalue weighted by Gasteiger charge is -2.27. The summed E-state index contributed by atoms with van der Waals surface area (Å²) in [6, 6.07) is 2.85. The molecule has 1 aliphatic rings. The molecule has 5 nitrogen and oxygen atoms in total. The van der Waals surface area contributed by atoms with E-state index in [1.54, 1.807) is 12.4 Å². The number of aromatic nitrogens is 3. The summed E-state index contributed by atoms with van der Waals surface area (Å²) in [7, 11) is 0. The third kappa shape index (κ3) is 2.10. The van der Waals surface area contributed by atoms with Gasteiger partial charge in [-0.25, -0.2) is 9.50 Å². The summed E-state index contributed by atoms with van der Waals surface area (Å²) in [5.74, 6) is 0.922. The van der Waals surface area contributed by atoms with Crippen LogP contribution in [-0.2, 0) is 0 Å². The molecule has 1 aliphatic carbocycles. The summed E-state index contributed by atoms with van der Waals surface area (Å²) in [4.78, 5) is 4.39. The van der Waals surface area contributed by atoms with Crippen molar-refractivity contribution < 1.29 is 0 Å². The summed E-state index contributed by atoms with van der Waals surface area (Å²) >= 11 is 0. The monoisotopic (exact) mass is 231 g/mol. The second-order valence-corrected chi connectivity index (χ2v) is 4.69. The van der Waals surface area contributed by atoms with Gasteiger partial charge < -0.3 is 11.1 Å². The summed E-state index contributed by atoms with van der Waals surface area (Å²) in [5, 5.41) is 7.70. The zero-order valence-electron chi connectivity index (χ0n) is 9.71. The number of anilines is 1. The fourth-order valence-electron chi connectivity index (χ4n) is 2.43. The molecule has 0 aliphatic heterocycles. The van der Waals surface area contributed by atoms with Crippen LogP contribution < -0.4 is 11.1 Å². The van der Waals surface area contributed by atoms with E-state index < -0.39 is 0 Å². The van der Waals surface area contributed by atoms with Gasteiger partial charge in [0.05, 0.1) is 6.20 Å². The molecule has 1 fully saturated rings. The van der Waals surface area contributed by atoms with Gasteiger partial charge in [0.25, 0.3) is 0 Å². The smallest absolute Gasteiger partial charge is 0.152 e. The maximum absolute atomic E-state index is 5.91. The lowest BCUT2D eigenvalue weighted by molar-refractivity contribution is 0.410. The zero-order chi connectivity index (χ0) is 11.7. The first-order chi connectivity index (χ1) is 8.33. The molecule has 0 saturated heterocycles. The minimum atomic E-state index is 0.381. The largest absolute Gasteiger partial charge is 0.366 e. The van der Waals surface area contributed by atoms with Crippen LogP contribution in [0.2, 0.25) is 0 Å². The molecule has 17 heavy (non-hydrogen) atoms. The van der Waals surface area contributed by atoms with Crippen molar-refractivity contribution in [1.82, 2.24) is 14.6 Å². The number of nitrogens with zero attached hydrogens (tertiary/aromatic N) is 3. The fourth-order valence-corrected chi connectivity index (χ4v) is 2.43. The van der Waals surface area contributed by atoms with Crippen molar-refractivity contribution in [2.24, 2.45) is 5.73 Å². The molecule has 0 unspecified atom stereocenters. The van der Waals surface area contributed by atoms with Crippen LogP contribution in [0, 0.1) is 0 Å². The molecule has 2 aromatic rings. The Bertz CT molecular complexity index is 498. The number of nitrogens with two attached hydrogens (primary N) is 1. The van der Waals surface area contributed by atoms with Crippen molar-refractivity contribution in [3.63, 3.8) is 0 Å². The average molecular weight is 231 g/mol. The maximum atomic E-state index is 5.91. The van der Waals surface area contributed by atoms with E-state index in [4.69, 9.17) is 5.73 Å². The van der Waals surface area contributed by atoms with Crippen LogP contribution in [0.4, 0.5) is 5.82 Å². The molecule has 2 heterocycles. The van der Waals surface area contributed by atoms with Gasteiger partial charge in [-0.15, -0.1) is 0 Å². The normalized spacial score (nSPS) is 25.0. The molecule has 90 valence electrons. The Hall–Kier alpha value is -1.62. The van der Waals surface area contributed by atoms with E-state index in [0.29, 0.717) is 12.1 Å². The fraction of sp³-hybridized carbons (Fsp3) is 0.500. The molecular weight excluding hydrogens is 214 g/mol. The SMILES string of the molecule is NC1CCC(Nc2nccn3nccc23)CC1. The highest BCUT2D eigenvalue weighted by atomic mass is 15.2. The molecule has 0 aromatic carbocycles. The highest BCUT2D eigenvalue weighted by molar-refractivity contribution is 5.67. The Morgan fingerprint density at radius 3 is 2.88 bits per heavy atom. The molecule has 2 aromatic heterocycles. The minimum absolute atomic E-state index is 0.381. The summed E-state index contributed by atoms with van der Waals surface area (Å²) < 4.78 is 1.84. The van der Waals surface area contributed by atoms with E-state index in [9.17, 15) is 0 Å². The lowest BCUT2D eigenvalue weighted by atomic mass is 9.92. The first kappa shape index (κ1) is 10.5. The molecule has 0 radical (unpaired) electrons. The maximum Gasteiger partial charge on any atom is 0.152 e. The molecule has 3 N–H and O–H groups in total. The molecular formula is C12H17N5. The van der Waals surface area contributed by atoms with Crippen LogP contribution in [-0.4, -0.2) is 26.7 Å². The van der Waals surface area contributed by atoms with Crippen LogP contribution in [0.5, 0.6) is 0 Å². The van der Waals surface area contributed by atoms with Crippen molar-refractivity contribution in [2.75, 3.05) is 5.32 Å². The van der Waals surface area contributed by atoms with Gasteiger partial charge in [-0.3, -0.25) is 0 Å². The van der Waals surface area contributed by atoms with Crippen LogP contribution >= 0.6 is 0 Å². The van der Waals surface area contributed by atoms with Crippen molar-refractivity contribution >= 4 is 11.3 Å². The van der Waals surface area contributed by atoms with E-state index >= 15 is 0 Å². The molecule has 0 spiro atoms. The quantitative estimate of drug-likeness (QED) is 0.820. The second kappa shape index (κ2) is 4.33. The predicted octanol–water partition coefficient (Wildman–Crippen LogP) is 1.41. The highest BCUT2D eigenvalue weighted by Crippen LogP contribution is 2.22. The molecule has 0 bridgehead atoms. The van der Waals surface area contributed by atoms with Gasteiger partial charge >= 0.3 is 0 Å². The van der Waals surface area contributed by atoms with E-state index in [1.807, 2.05) is 16.8 Å². The predicted molar refractivity (Wildman–Crippen MR) is 66.8 cm³/mol. The number of nitrogens with one attached hydrogen (secondary N) is 1. The molecule has 0 amide bonds. The van der Waals surface area contributed by atoms with E-state index in [0.717, 1.165) is 37.0 Å². The minimum Gasteiger partial charge on any atom is -0.366 e. The number of rotatable bonds is 2. The summed E-state index contributed by atoms with van der Waals surface area (Å²) in [6.07, 6.45) is 9.86. The van der Waals surface area contributed by atoms with E-state index in [-0.39, 0.29) is 0 Å². The first-order valence-corrected chi connectivity index (χ1v) is 6.13. The van der Waals surface area contributed by atoms with Crippen LogP contribution in [0.3, 0.4) is 0 Å². The molecule has 3 rings (SSSR count). The Balaban J connectivity index is 1.78. The van der Waals surface area contributed by atoms with Gasteiger partial charge in [0.15, 0.2) is 5.82 Å². The van der Waals surface area contributed by atoms with Crippen molar-refractivity contribution in [3.05, 3.63) is 24.7 Å². The standard InChI is InChI=1S/C12H17N5/c13-9-1-3-10(4-2-9)16-12-11-5-6-15-17(11)8-7-14-12/h5-10H,1-4,13H2,(H,14,16). The van der Waals surface area contributed by atoms with Crippen molar-refractivity contribution in [1.29, 1.82) is 0 Å². The molecule has 0 atom stereocenters. The van der Waals surface area contributed by atoms with Crippen molar-refractivity contribution in [3.8, 4) is 0 Å². The van der Waals surface area contributed by atoms with E-state index in [2.05, 4.69) is 15.4 Å². The third-order valence-corrected chi connectivity index (χ3v) is 3.44. The highest BCUT2D eigenvalue weighted by Gasteiger charge is 2.19. The topological polar surface area (TPSA) is 68.2 Å². The van der Waals surface area contributed by atoms with Gasteiger partial charge in [-0.1, -0.05) is 0 Å². The number of fused-ring (bicyclic) bond motifs is 1. The summed E-state index contributed by atoms with van der Waals surface area (Å²) in [6.45, 7) is 0. The third-order valence-electron chi connectivity index (χ3n) is 3.44. The van der Waals surface area contributed by atoms with Gasteiger partial charge in [0.2, 0.25) is 0 Å². The van der Waals surface area contributed by atoms with Crippen molar-refractivity contribution in [2.45, 2.75) is 37.8 Å². The summed E-state index contributed by atoms with van der Waals surface area (Å²) in [5.41, 5.74) is 6.94. The van der Waals surface area contributed by atoms with Crippen LogP contribution in [0.25, 0.3) is 5.52 Å². The Kier molecular flexibility index (Phi) is 2.68. The first-order valence-electron chi connectivity index (χ1n) is 6.13. The Labute approximate surface area is 100 Å². The molecule has 1 saturated carbocycles.